The van der Waals surface area contributed by atoms with E-state index in [1.165, 1.54) is 13.4 Å². The minimum Gasteiger partial charge on any atom is -0.506 e. The standard InChI is InChI=1S/C23H19N3O4/c1-30-23(29)18-10-6-16(7-11-18)4-2-3-5-17-8-12-19(13-9-17)24-14-20-21(27)22(28)26-15-25-20/h6-13,15,22,24,27-28H,14H2,1H3,(H,25,26). The molecule has 1 heterocycles. The van der Waals surface area contributed by atoms with Crippen LogP contribution in [-0.4, -0.2) is 42.4 Å². The third-order valence-corrected chi connectivity index (χ3v) is 4.14. The third kappa shape index (κ3) is 5.41. The lowest BCUT2D eigenvalue weighted by Gasteiger charge is -2.17. The number of ether oxygens (including phenoxy) is 1. The Labute approximate surface area is 174 Å². The van der Waals surface area contributed by atoms with E-state index in [-0.39, 0.29) is 11.7 Å². The van der Waals surface area contributed by atoms with E-state index in [9.17, 15) is 15.0 Å². The van der Waals surface area contributed by atoms with Gasteiger partial charge in [0, 0.05) is 16.8 Å². The van der Waals surface area contributed by atoms with Gasteiger partial charge in [0.2, 0.25) is 6.23 Å². The number of carbonyl (C=O) groups is 1. The molecule has 7 heteroatoms. The number of aliphatic hydroxyl groups excluding tert-OH is 2. The van der Waals surface area contributed by atoms with Crippen molar-refractivity contribution in [2.24, 2.45) is 4.99 Å². The fraction of sp³-hybridized carbons (Fsp3) is 0.130. The highest BCUT2D eigenvalue weighted by Crippen LogP contribution is 2.12. The van der Waals surface area contributed by atoms with Gasteiger partial charge in [-0.15, -0.1) is 0 Å². The van der Waals surface area contributed by atoms with Crippen molar-refractivity contribution in [3.8, 4) is 23.7 Å². The van der Waals surface area contributed by atoms with Gasteiger partial charge in [0.15, 0.2) is 5.76 Å². The molecule has 0 amide bonds. The Bertz CT molecular complexity index is 1100. The van der Waals surface area contributed by atoms with Crippen molar-refractivity contribution in [3.05, 3.63) is 76.7 Å². The number of esters is 1. The van der Waals surface area contributed by atoms with Gasteiger partial charge in [0.05, 0.1) is 31.3 Å². The number of hydrogen-bond acceptors (Lipinski definition) is 7. The lowest BCUT2D eigenvalue weighted by Crippen LogP contribution is -2.29. The van der Waals surface area contributed by atoms with E-state index in [4.69, 9.17) is 0 Å². The lowest BCUT2D eigenvalue weighted by molar-refractivity contribution is 0.0600. The van der Waals surface area contributed by atoms with Crippen LogP contribution in [0.2, 0.25) is 0 Å². The highest BCUT2D eigenvalue weighted by atomic mass is 16.5. The first kappa shape index (κ1) is 20.5. The van der Waals surface area contributed by atoms with Gasteiger partial charge >= 0.3 is 5.97 Å². The Morgan fingerprint density at radius 3 is 2.30 bits per heavy atom. The van der Waals surface area contributed by atoms with Gasteiger partial charge in [-0.1, -0.05) is 11.8 Å². The molecule has 150 valence electrons. The minimum absolute atomic E-state index is 0.203. The molecule has 7 nitrogen and oxygen atoms in total. The zero-order chi connectivity index (χ0) is 21.3. The summed E-state index contributed by atoms with van der Waals surface area (Å²) in [5.74, 6) is 10.9. The Morgan fingerprint density at radius 1 is 1.10 bits per heavy atom. The normalized spacial score (nSPS) is 14.5. The van der Waals surface area contributed by atoms with E-state index < -0.39 is 6.23 Å². The number of aliphatic hydroxyl groups is 2. The highest BCUT2D eigenvalue weighted by Gasteiger charge is 2.16. The van der Waals surface area contributed by atoms with Crippen LogP contribution in [0, 0.1) is 23.7 Å². The van der Waals surface area contributed by atoms with Gasteiger partial charge in [-0.25, -0.2) is 9.79 Å². The molecule has 0 spiro atoms. The molecule has 0 saturated heterocycles. The molecule has 1 aliphatic heterocycles. The molecule has 0 aliphatic carbocycles. The summed E-state index contributed by atoms with van der Waals surface area (Å²) in [5.41, 5.74) is 3.31. The van der Waals surface area contributed by atoms with Gasteiger partial charge in [-0.05, 0) is 60.4 Å². The third-order valence-electron chi connectivity index (χ3n) is 4.14. The van der Waals surface area contributed by atoms with E-state index in [2.05, 4.69) is 44.0 Å². The van der Waals surface area contributed by atoms with E-state index in [1.807, 2.05) is 24.3 Å². The van der Waals surface area contributed by atoms with Crippen molar-refractivity contribution in [1.82, 2.24) is 5.32 Å². The number of nitrogens with one attached hydrogen (secondary N) is 2. The molecular formula is C23H19N3O4. The van der Waals surface area contributed by atoms with Crippen LogP contribution in [0.25, 0.3) is 0 Å². The van der Waals surface area contributed by atoms with Crippen LogP contribution >= 0.6 is 0 Å². The van der Waals surface area contributed by atoms with Crippen LogP contribution in [0.15, 0.2) is 65.0 Å². The predicted octanol–water partition coefficient (Wildman–Crippen LogP) is 2.01. The first-order chi connectivity index (χ1) is 14.6. The van der Waals surface area contributed by atoms with E-state index in [0.717, 1.165) is 16.8 Å². The second-order valence-electron chi connectivity index (χ2n) is 6.16. The molecule has 0 aromatic heterocycles. The Kier molecular flexibility index (Phi) is 6.73. The topological polar surface area (TPSA) is 103 Å². The van der Waals surface area contributed by atoms with Crippen molar-refractivity contribution in [3.63, 3.8) is 0 Å². The fourth-order valence-corrected chi connectivity index (χ4v) is 2.50. The zero-order valence-corrected chi connectivity index (χ0v) is 16.1. The van der Waals surface area contributed by atoms with Gasteiger partial charge in [-0.2, -0.15) is 0 Å². The number of aliphatic imine (C=N–C) groups is 1. The van der Waals surface area contributed by atoms with Crippen LogP contribution in [-0.2, 0) is 4.74 Å². The van der Waals surface area contributed by atoms with Crippen LogP contribution in [0.4, 0.5) is 5.69 Å². The SMILES string of the molecule is COC(=O)c1ccc(C#CC#Cc2ccc(NCC3=C(O)C(O)N=CN3)cc2)cc1. The van der Waals surface area contributed by atoms with Gasteiger partial charge < -0.3 is 25.6 Å². The number of benzene rings is 2. The zero-order valence-electron chi connectivity index (χ0n) is 16.1. The molecule has 0 saturated carbocycles. The Hall–Kier alpha value is -4.20. The predicted molar refractivity (Wildman–Crippen MR) is 114 cm³/mol. The second-order valence-corrected chi connectivity index (χ2v) is 6.16. The summed E-state index contributed by atoms with van der Waals surface area (Å²) in [6, 6.07) is 14.2. The average Bonchev–Trinajstić information content (AvgIpc) is 2.78. The molecule has 2 aromatic rings. The van der Waals surface area contributed by atoms with Crippen molar-refractivity contribution in [1.29, 1.82) is 0 Å². The largest absolute Gasteiger partial charge is 0.506 e. The molecule has 0 radical (unpaired) electrons. The molecule has 4 N–H and O–H groups in total. The summed E-state index contributed by atoms with van der Waals surface area (Å²) < 4.78 is 4.65. The molecule has 30 heavy (non-hydrogen) atoms. The quantitative estimate of drug-likeness (QED) is 0.462. The number of anilines is 1. The van der Waals surface area contributed by atoms with Crippen LogP contribution in [0.3, 0.4) is 0 Å². The van der Waals surface area contributed by atoms with Gasteiger partial charge in [-0.3, -0.25) is 0 Å². The maximum atomic E-state index is 11.4. The molecule has 0 bridgehead atoms. The van der Waals surface area contributed by atoms with E-state index in [1.54, 1.807) is 24.3 Å². The van der Waals surface area contributed by atoms with Crippen molar-refractivity contribution >= 4 is 18.0 Å². The summed E-state index contributed by atoms with van der Waals surface area (Å²) in [7, 11) is 1.34. The molecule has 0 fully saturated rings. The lowest BCUT2D eigenvalue weighted by atomic mass is 10.1. The molecule has 1 aliphatic rings. The van der Waals surface area contributed by atoms with Crippen LogP contribution < -0.4 is 10.6 Å². The Morgan fingerprint density at radius 2 is 1.70 bits per heavy atom. The highest BCUT2D eigenvalue weighted by molar-refractivity contribution is 5.89. The second kappa shape index (κ2) is 9.83. The number of hydrogen-bond donors (Lipinski definition) is 4. The Balaban J connectivity index is 1.56. The van der Waals surface area contributed by atoms with E-state index in [0.29, 0.717) is 17.8 Å². The van der Waals surface area contributed by atoms with Crippen LogP contribution in [0.1, 0.15) is 21.5 Å². The summed E-state index contributed by atoms with van der Waals surface area (Å²) >= 11 is 0. The average molecular weight is 401 g/mol. The molecule has 1 atom stereocenters. The van der Waals surface area contributed by atoms with Crippen molar-refractivity contribution in [2.75, 3.05) is 19.0 Å². The van der Waals surface area contributed by atoms with E-state index >= 15 is 0 Å². The fourth-order valence-electron chi connectivity index (χ4n) is 2.50. The van der Waals surface area contributed by atoms with Crippen molar-refractivity contribution in [2.45, 2.75) is 6.23 Å². The number of carbonyl (C=O) groups excluding carboxylic acids is 1. The number of methoxy groups -OCH3 is 1. The summed E-state index contributed by atoms with van der Waals surface area (Å²) in [4.78, 5) is 15.0. The van der Waals surface area contributed by atoms with Crippen LogP contribution in [0.5, 0.6) is 0 Å². The van der Waals surface area contributed by atoms with Crippen molar-refractivity contribution < 1.29 is 19.7 Å². The molecule has 2 aromatic carbocycles. The summed E-state index contributed by atoms with van der Waals surface area (Å²) in [6.45, 7) is 0.306. The number of rotatable bonds is 4. The minimum atomic E-state index is -1.23. The monoisotopic (exact) mass is 401 g/mol. The maximum Gasteiger partial charge on any atom is 0.337 e. The summed E-state index contributed by atoms with van der Waals surface area (Å²) in [6.07, 6.45) is 0.113. The first-order valence-electron chi connectivity index (χ1n) is 8.99. The smallest absolute Gasteiger partial charge is 0.337 e. The summed E-state index contributed by atoms with van der Waals surface area (Å²) in [5, 5.41) is 25.2. The van der Waals surface area contributed by atoms with Gasteiger partial charge in [0.25, 0.3) is 0 Å². The molecular weight excluding hydrogens is 382 g/mol. The molecule has 1 unspecified atom stereocenters. The molecule has 3 rings (SSSR count). The number of nitrogens with zero attached hydrogens (tertiary/aromatic N) is 1. The van der Waals surface area contributed by atoms with Gasteiger partial charge in [0.1, 0.15) is 0 Å². The maximum absolute atomic E-state index is 11.4. The first-order valence-corrected chi connectivity index (χ1v) is 8.99.